The van der Waals surface area contributed by atoms with Gasteiger partial charge in [0.2, 0.25) is 0 Å². The maximum absolute atomic E-state index is 2.42. The molecule has 0 amide bonds. The van der Waals surface area contributed by atoms with E-state index in [0.29, 0.717) is 11.8 Å². The molecule has 1 nitrogen and oxygen atoms in total. The second kappa shape index (κ2) is 8.18. The highest BCUT2D eigenvalue weighted by Gasteiger charge is 2.44. The molecule has 2 unspecified atom stereocenters. The van der Waals surface area contributed by atoms with Gasteiger partial charge in [-0.2, -0.15) is 0 Å². The number of fused-ring (bicyclic) bond motifs is 3. The minimum atomic E-state index is 0.0940. The molecule has 4 aromatic carbocycles. The van der Waals surface area contributed by atoms with Crippen LogP contribution >= 0.6 is 0 Å². The molecular formula is C33H29N. The zero-order valence-electron chi connectivity index (χ0n) is 19.7. The molecule has 166 valence electrons. The van der Waals surface area contributed by atoms with Gasteiger partial charge in [0, 0.05) is 23.0 Å². The van der Waals surface area contributed by atoms with Gasteiger partial charge in [-0.05, 0) is 70.0 Å². The van der Waals surface area contributed by atoms with Crippen LogP contribution in [0.2, 0.25) is 0 Å². The van der Waals surface area contributed by atoms with Crippen molar-refractivity contribution in [2.75, 3.05) is 4.90 Å². The van der Waals surface area contributed by atoms with Crippen molar-refractivity contribution in [3.8, 4) is 11.1 Å². The second-order valence-electron chi connectivity index (χ2n) is 9.90. The van der Waals surface area contributed by atoms with Crippen LogP contribution in [-0.2, 0) is 5.41 Å². The van der Waals surface area contributed by atoms with Gasteiger partial charge in [0.15, 0.2) is 0 Å². The summed E-state index contributed by atoms with van der Waals surface area (Å²) in [6, 6.07) is 37.2. The fraction of sp³-hybridized carbons (Fsp3) is 0.152. The minimum absolute atomic E-state index is 0.0940. The van der Waals surface area contributed by atoms with Crippen molar-refractivity contribution < 1.29 is 0 Å². The first kappa shape index (κ1) is 20.7. The molecule has 2 aliphatic carbocycles. The molecule has 0 fully saturated rings. The van der Waals surface area contributed by atoms with E-state index in [1.165, 1.54) is 39.3 Å². The molecule has 0 bridgehead atoms. The van der Waals surface area contributed by atoms with Crippen LogP contribution in [0.25, 0.3) is 11.1 Å². The van der Waals surface area contributed by atoms with Gasteiger partial charge in [0.25, 0.3) is 0 Å². The smallest absolute Gasteiger partial charge is 0.0464 e. The lowest BCUT2D eigenvalue weighted by Crippen LogP contribution is -2.24. The third-order valence-corrected chi connectivity index (χ3v) is 7.56. The van der Waals surface area contributed by atoms with E-state index in [0.717, 1.165) is 0 Å². The Hall–Kier alpha value is -3.84. The van der Waals surface area contributed by atoms with Crippen LogP contribution in [0.3, 0.4) is 0 Å². The van der Waals surface area contributed by atoms with Crippen molar-refractivity contribution in [1.82, 2.24) is 0 Å². The number of hydrogen-bond donors (Lipinski definition) is 0. The fourth-order valence-electron chi connectivity index (χ4n) is 5.76. The zero-order valence-corrected chi connectivity index (χ0v) is 19.7. The van der Waals surface area contributed by atoms with Crippen molar-refractivity contribution in [3.63, 3.8) is 0 Å². The maximum Gasteiger partial charge on any atom is 0.0464 e. The Morgan fingerprint density at radius 3 is 1.91 bits per heavy atom. The normalized spacial score (nSPS) is 19.5. The average Bonchev–Trinajstić information content (AvgIpc) is 3.12. The summed E-state index contributed by atoms with van der Waals surface area (Å²) >= 11 is 0. The number of allylic oxidation sites excluding steroid dienone is 4. The highest BCUT2D eigenvalue weighted by atomic mass is 15.1. The van der Waals surface area contributed by atoms with E-state index in [9.17, 15) is 0 Å². The van der Waals surface area contributed by atoms with Gasteiger partial charge < -0.3 is 4.90 Å². The Bertz CT molecular complexity index is 1360. The van der Waals surface area contributed by atoms with Gasteiger partial charge in [-0.15, -0.1) is 0 Å². The Balaban J connectivity index is 1.45. The summed E-state index contributed by atoms with van der Waals surface area (Å²) < 4.78 is 0. The minimum Gasteiger partial charge on any atom is -0.310 e. The predicted molar refractivity (Wildman–Crippen MR) is 144 cm³/mol. The molecule has 34 heavy (non-hydrogen) atoms. The number of benzene rings is 4. The number of nitrogens with zero attached hydrogens (tertiary/aromatic N) is 1. The summed E-state index contributed by atoms with van der Waals surface area (Å²) in [6.07, 6.45) is 9.17. The van der Waals surface area contributed by atoms with Crippen LogP contribution < -0.4 is 4.90 Å². The molecule has 0 aliphatic heterocycles. The third-order valence-electron chi connectivity index (χ3n) is 7.56. The Labute approximate surface area is 202 Å². The molecule has 0 spiro atoms. The summed E-state index contributed by atoms with van der Waals surface area (Å²) in [5.74, 6) is 0.984. The second-order valence-corrected chi connectivity index (χ2v) is 9.90. The van der Waals surface area contributed by atoms with Crippen molar-refractivity contribution in [2.24, 2.45) is 5.92 Å². The van der Waals surface area contributed by atoms with Crippen molar-refractivity contribution >= 4 is 17.1 Å². The molecule has 0 heterocycles. The molecule has 4 aromatic rings. The zero-order chi connectivity index (χ0) is 23.1. The molecule has 6 rings (SSSR count). The number of para-hydroxylation sites is 1. The van der Waals surface area contributed by atoms with Crippen LogP contribution in [0.15, 0.2) is 127 Å². The summed E-state index contributed by atoms with van der Waals surface area (Å²) in [4.78, 5) is 2.37. The molecule has 0 N–H and O–H groups in total. The van der Waals surface area contributed by atoms with Crippen molar-refractivity contribution in [1.29, 1.82) is 0 Å². The van der Waals surface area contributed by atoms with E-state index in [1.54, 1.807) is 0 Å². The first-order valence-electron chi connectivity index (χ1n) is 12.1. The molecule has 0 saturated heterocycles. The lowest BCUT2D eigenvalue weighted by Gasteiger charge is -2.30. The standard InChI is InChI=1S/C33H29N/c1-33(2)31-16-10-9-15-29(31)30-22-21-28(23-32(30)33)34(26-13-7-4-8-14-26)27-19-17-25(18-20-27)24-11-5-3-6-12-24/h3-23,29,31H,1-2H3. The van der Waals surface area contributed by atoms with Gasteiger partial charge in [-0.3, -0.25) is 0 Å². The van der Waals surface area contributed by atoms with Gasteiger partial charge in [0.05, 0.1) is 0 Å². The van der Waals surface area contributed by atoms with E-state index in [2.05, 4.69) is 146 Å². The Morgan fingerprint density at radius 1 is 0.588 bits per heavy atom. The molecule has 2 atom stereocenters. The summed E-state index contributed by atoms with van der Waals surface area (Å²) in [7, 11) is 0. The van der Waals surface area contributed by atoms with E-state index in [-0.39, 0.29) is 5.41 Å². The van der Waals surface area contributed by atoms with E-state index in [1.807, 2.05) is 0 Å². The van der Waals surface area contributed by atoms with Crippen LogP contribution in [0.5, 0.6) is 0 Å². The monoisotopic (exact) mass is 439 g/mol. The Morgan fingerprint density at radius 2 is 1.18 bits per heavy atom. The van der Waals surface area contributed by atoms with Crippen LogP contribution in [0, 0.1) is 5.92 Å². The van der Waals surface area contributed by atoms with Crippen molar-refractivity contribution in [2.45, 2.75) is 25.2 Å². The first-order chi connectivity index (χ1) is 16.6. The van der Waals surface area contributed by atoms with E-state index in [4.69, 9.17) is 0 Å². The quantitative estimate of drug-likeness (QED) is 0.307. The molecular weight excluding hydrogens is 410 g/mol. The average molecular weight is 440 g/mol. The lowest BCUT2D eigenvalue weighted by atomic mass is 9.74. The molecule has 0 saturated carbocycles. The fourth-order valence-corrected chi connectivity index (χ4v) is 5.76. The van der Waals surface area contributed by atoms with Gasteiger partial charge in [-0.25, -0.2) is 0 Å². The lowest BCUT2D eigenvalue weighted by molar-refractivity contribution is 0.394. The number of rotatable bonds is 4. The van der Waals surface area contributed by atoms with E-state index < -0.39 is 0 Å². The third kappa shape index (κ3) is 3.40. The SMILES string of the molecule is CC1(C)c2cc(N(c3ccccc3)c3ccc(-c4ccccc4)cc3)ccc2C2C=CC=CC21. The number of hydrogen-bond acceptors (Lipinski definition) is 1. The Kier molecular flexibility index (Phi) is 4.99. The van der Waals surface area contributed by atoms with Gasteiger partial charge >= 0.3 is 0 Å². The highest BCUT2D eigenvalue weighted by Crippen LogP contribution is 2.54. The summed E-state index contributed by atoms with van der Waals surface area (Å²) in [5.41, 5.74) is 9.03. The molecule has 0 radical (unpaired) electrons. The molecule has 0 aromatic heterocycles. The van der Waals surface area contributed by atoms with Crippen LogP contribution in [-0.4, -0.2) is 0 Å². The van der Waals surface area contributed by atoms with E-state index >= 15 is 0 Å². The first-order valence-corrected chi connectivity index (χ1v) is 12.1. The molecule has 2 aliphatic rings. The highest BCUT2D eigenvalue weighted by molar-refractivity contribution is 5.79. The molecule has 1 heteroatoms. The van der Waals surface area contributed by atoms with Gasteiger partial charge in [-0.1, -0.05) is 105 Å². The number of anilines is 3. The largest absolute Gasteiger partial charge is 0.310 e. The predicted octanol–water partition coefficient (Wildman–Crippen LogP) is 8.94. The van der Waals surface area contributed by atoms with Gasteiger partial charge in [0.1, 0.15) is 0 Å². The topological polar surface area (TPSA) is 3.24 Å². The maximum atomic E-state index is 2.42. The van der Waals surface area contributed by atoms with Crippen LogP contribution in [0.1, 0.15) is 30.9 Å². The van der Waals surface area contributed by atoms with Crippen LogP contribution in [0.4, 0.5) is 17.1 Å². The summed E-state index contributed by atoms with van der Waals surface area (Å²) in [5, 5.41) is 0. The summed E-state index contributed by atoms with van der Waals surface area (Å²) in [6.45, 7) is 4.79. The van der Waals surface area contributed by atoms with Crippen molar-refractivity contribution in [3.05, 3.63) is 139 Å².